The van der Waals surface area contributed by atoms with E-state index in [-0.39, 0.29) is 36.7 Å². The number of imide groups is 1. The van der Waals surface area contributed by atoms with Crippen LogP contribution >= 0.6 is 11.8 Å². The number of nitrogens with one attached hydrogen (secondary N) is 2. The monoisotopic (exact) mass is 437 g/mol. The maximum Gasteiger partial charge on any atom is 0.293 e. The smallest absolute Gasteiger partial charge is 0.293 e. The number of hydrogen-bond donors (Lipinski definition) is 2. The van der Waals surface area contributed by atoms with E-state index in [0.29, 0.717) is 10.5 Å². The van der Waals surface area contributed by atoms with Gasteiger partial charge in [0.15, 0.2) is 0 Å². The quantitative estimate of drug-likeness (QED) is 0.650. The first-order valence-corrected chi connectivity index (χ1v) is 10.6. The summed E-state index contributed by atoms with van der Waals surface area (Å²) in [4.78, 5) is 50.2. The van der Waals surface area contributed by atoms with Crippen LogP contribution < -0.4 is 10.6 Å². The summed E-state index contributed by atoms with van der Waals surface area (Å²) in [6.45, 7) is 3.85. The number of hydrogen-bond acceptors (Lipinski definition) is 5. The third-order valence-electron chi connectivity index (χ3n) is 4.81. The van der Waals surface area contributed by atoms with Gasteiger partial charge in [-0.05, 0) is 60.5 Å². The molecule has 0 aromatic heterocycles. The maximum absolute atomic E-state index is 12.5. The molecule has 160 valence electrons. The highest BCUT2D eigenvalue weighted by Crippen LogP contribution is 2.31. The van der Waals surface area contributed by atoms with Crippen molar-refractivity contribution < 1.29 is 19.2 Å². The summed E-state index contributed by atoms with van der Waals surface area (Å²) >= 11 is 0.878. The molecule has 2 N–H and O–H groups in total. The highest BCUT2D eigenvalue weighted by Gasteiger charge is 2.34. The van der Waals surface area contributed by atoms with Gasteiger partial charge in [0.1, 0.15) is 0 Å². The number of carbonyl (C=O) groups is 4. The van der Waals surface area contributed by atoms with E-state index in [1.54, 1.807) is 18.2 Å². The maximum atomic E-state index is 12.5. The zero-order chi connectivity index (χ0) is 22.4. The summed E-state index contributed by atoms with van der Waals surface area (Å²) in [6, 6.07) is 14.6. The van der Waals surface area contributed by atoms with Crippen LogP contribution in [0, 0.1) is 13.8 Å². The van der Waals surface area contributed by atoms with Gasteiger partial charge in [-0.3, -0.25) is 24.1 Å². The van der Waals surface area contributed by atoms with Gasteiger partial charge in [0.2, 0.25) is 5.91 Å². The third-order valence-corrected chi connectivity index (χ3v) is 5.71. The Bertz CT molecular complexity index is 1050. The van der Waals surface area contributed by atoms with Crippen molar-refractivity contribution >= 4 is 40.8 Å². The van der Waals surface area contributed by atoms with Gasteiger partial charge in [0.05, 0.1) is 11.4 Å². The summed E-state index contributed by atoms with van der Waals surface area (Å²) in [5.41, 5.74) is 3.40. The molecule has 7 nitrogen and oxygen atoms in total. The van der Waals surface area contributed by atoms with E-state index in [0.717, 1.165) is 33.4 Å². The summed E-state index contributed by atoms with van der Waals surface area (Å²) < 4.78 is 0. The van der Waals surface area contributed by atoms with E-state index in [1.165, 1.54) is 0 Å². The van der Waals surface area contributed by atoms with Crippen LogP contribution in [0.3, 0.4) is 0 Å². The SMILES string of the molecule is Cc1ccc(C(=O)NCC(=O)NCCN2C(=O)SC(=Cc3ccccc3)C2=O)cc1C. The molecule has 3 rings (SSSR count). The van der Waals surface area contributed by atoms with Gasteiger partial charge in [-0.2, -0.15) is 0 Å². The molecule has 1 saturated heterocycles. The number of nitrogens with zero attached hydrogens (tertiary/aromatic N) is 1. The number of benzene rings is 2. The molecular formula is C23H23N3O4S. The van der Waals surface area contributed by atoms with E-state index >= 15 is 0 Å². The fourth-order valence-corrected chi connectivity index (χ4v) is 3.77. The van der Waals surface area contributed by atoms with Crippen molar-refractivity contribution in [3.8, 4) is 0 Å². The Kier molecular flexibility index (Phi) is 7.25. The molecule has 0 atom stereocenters. The van der Waals surface area contributed by atoms with Crippen molar-refractivity contribution in [2.45, 2.75) is 13.8 Å². The molecule has 1 aliphatic rings. The molecule has 0 unspecified atom stereocenters. The molecule has 2 aromatic carbocycles. The second kappa shape index (κ2) is 10.1. The van der Waals surface area contributed by atoms with E-state index in [9.17, 15) is 19.2 Å². The topological polar surface area (TPSA) is 95.6 Å². The van der Waals surface area contributed by atoms with Crippen molar-refractivity contribution in [2.75, 3.05) is 19.6 Å². The first-order chi connectivity index (χ1) is 14.8. The fourth-order valence-electron chi connectivity index (χ4n) is 2.91. The Labute approximate surface area is 184 Å². The van der Waals surface area contributed by atoms with Gasteiger partial charge in [-0.1, -0.05) is 36.4 Å². The van der Waals surface area contributed by atoms with Crippen LogP contribution in [0.2, 0.25) is 0 Å². The number of aryl methyl sites for hydroxylation is 2. The molecule has 0 radical (unpaired) electrons. The van der Waals surface area contributed by atoms with Crippen LogP contribution in [-0.4, -0.2) is 47.5 Å². The molecule has 4 amide bonds. The zero-order valence-electron chi connectivity index (χ0n) is 17.3. The second-order valence-corrected chi connectivity index (χ2v) is 8.07. The lowest BCUT2D eigenvalue weighted by Crippen LogP contribution is -2.41. The predicted octanol–water partition coefficient (Wildman–Crippen LogP) is 2.89. The average Bonchev–Trinajstić information content (AvgIpc) is 3.02. The van der Waals surface area contributed by atoms with Crippen molar-refractivity contribution in [1.82, 2.24) is 15.5 Å². The van der Waals surface area contributed by atoms with E-state index in [4.69, 9.17) is 0 Å². The second-order valence-electron chi connectivity index (χ2n) is 7.08. The molecule has 1 aliphatic heterocycles. The molecule has 8 heteroatoms. The lowest BCUT2D eigenvalue weighted by atomic mass is 10.1. The number of thioether (sulfide) groups is 1. The minimum absolute atomic E-state index is 0.0631. The molecule has 2 aromatic rings. The molecule has 0 aliphatic carbocycles. The molecule has 0 saturated carbocycles. The summed E-state index contributed by atoms with van der Waals surface area (Å²) in [5.74, 6) is -1.12. The van der Waals surface area contributed by atoms with Crippen molar-refractivity contribution in [2.24, 2.45) is 0 Å². The lowest BCUT2D eigenvalue weighted by molar-refractivity contribution is -0.124. The normalized spacial score (nSPS) is 14.8. The molecule has 0 spiro atoms. The molecule has 0 bridgehead atoms. The predicted molar refractivity (Wildman–Crippen MR) is 120 cm³/mol. The Hall–Kier alpha value is -3.39. The molecule has 1 fully saturated rings. The van der Waals surface area contributed by atoms with Gasteiger partial charge in [-0.15, -0.1) is 0 Å². The van der Waals surface area contributed by atoms with Crippen molar-refractivity contribution in [1.29, 1.82) is 0 Å². The summed E-state index contributed by atoms with van der Waals surface area (Å²) in [7, 11) is 0. The Balaban J connectivity index is 1.45. The Morgan fingerprint density at radius 1 is 1.00 bits per heavy atom. The van der Waals surface area contributed by atoms with E-state index < -0.39 is 5.91 Å². The largest absolute Gasteiger partial charge is 0.353 e. The fraction of sp³-hybridized carbons (Fsp3) is 0.217. The van der Waals surface area contributed by atoms with Gasteiger partial charge in [-0.25, -0.2) is 0 Å². The van der Waals surface area contributed by atoms with Crippen molar-refractivity contribution in [3.05, 3.63) is 75.7 Å². The first-order valence-electron chi connectivity index (χ1n) is 9.77. The zero-order valence-corrected chi connectivity index (χ0v) is 18.1. The van der Waals surface area contributed by atoms with Gasteiger partial charge in [0.25, 0.3) is 17.1 Å². The molecular weight excluding hydrogens is 414 g/mol. The van der Waals surface area contributed by atoms with Crippen LogP contribution in [0.25, 0.3) is 6.08 Å². The molecule has 31 heavy (non-hydrogen) atoms. The summed E-state index contributed by atoms with van der Waals surface area (Å²) in [5, 5.41) is 4.81. The van der Waals surface area contributed by atoms with Crippen molar-refractivity contribution in [3.63, 3.8) is 0 Å². The van der Waals surface area contributed by atoms with Crippen LogP contribution in [0.1, 0.15) is 27.0 Å². The Morgan fingerprint density at radius 2 is 1.74 bits per heavy atom. The number of carbonyl (C=O) groups excluding carboxylic acids is 4. The standard InChI is InChI=1S/C23H23N3O4S/c1-15-8-9-18(12-16(15)2)21(28)25-14-20(27)24-10-11-26-22(29)19(31-23(26)30)13-17-6-4-3-5-7-17/h3-9,12-13H,10-11,14H2,1-2H3,(H,24,27)(H,25,28). The minimum Gasteiger partial charge on any atom is -0.353 e. The first kappa shape index (κ1) is 22.3. The van der Waals surface area contributed by atoms with E-state index in [1.807, 2.05) is 50.2 Å². The highest BCUT2D eigenvalue weighted by atomic mass is 32.2. The number of amides is 4. The summed E-state index contributed by atoms with van der Waals surface area (Å²) in [6.07, 6.45) is 1.67. The van der Waals surface area contributed by atoms with E-state index in [2.05, 4.69) is 10.6 Å². The van der Waals surface area contributed by atoms with Crippen LogP contribution in [0.5, 0.6) is 0 Å². The van der Waals surface area contributed by atoms with Crippen LogP contribution in [0.15, 0.2) is 53.4 Å². The Morgan fingerprint density at radius 3 is 2.45 bits per heavy atom. The lowest BCUT2D eigenvalue weighted by Gasteiger charge is -2.13. The van der Waals surface area contributed by atoms with Crippen LogP contribution in [0.4, 0.5) is 4.79 Å². The average molecular weight is 438 g/mol. The van der Waals surface area contributed by atoms with Gasteiger partial charge in [0, 0.05) is 18.7 Å². The minimum atomic E-state index is -0.399. The van der Waals surface area contributed by atoms with Gasteiger partial charge < -0.3 is 10.6 Å². The van der Waals surface area contributed by atoms with Gasteiger partial charge >= 0.3 is 0 Å². The third kappa shape index (κ3) is 5.82. The van der Waals surface area contributed by atoms with Crippen LogP contribution in [-0.2, 0) is 9.59 Å². The number of rotatable bonds is 7. The highest BCUT2D eigenvalue weighted by molar-refractivity contribution is 8.18. The molecule has 1 heterocycles.